The molecule has 2 N–H and O–H groups in total. The molecule has 108 valence electrons. The molecule has 0 aliphatic heterocycles. The molecule has 0 amide bonds. The van der Waals surface area contributed by atoms with Crippen LogP contribution in [0.2, 0.25) is 0 Å². The number of anilines is 1. The van der Waals surface area contributed by atoms with Gasteiger partial charge in [-0.25, -0.2) is 0 Å². The lowest BCUT2D eigenvalue weighted by molar-refractivity contribution is -0.137. The second-order valence-electron chi connectivity index (χ2n) is 4.05. The van der Waals surface area contributed by atoms with Crippen molar-refractivity contribution < 1.29 is 21.6 Å². The summed E-state index contributed by atoms with van der Waals surface area (Å²) in [6, 6.07) is 4.05. The van der Waals surface area contributed by atoms with Crippen LogP contribution in [0.25, 0.3) is 0 Å². The first-order chi connectivity index (χ1) is 9.20. The van der Waals surface area contributed by atoms with E-state index in [2.05, 4.69) is 14.9 Å². The molecule has 0 radical (unpaired) electrons. The monoisotopic (exact) mass is 305 g/mol. The maximum absolute atomic E-state index is 12.6. The summed E-state index contributed by atoms with van der Waals surface area (Å²) in [5.74, 6) is 0. The third-order valence-corrected chi connectivity index (χ3v) is 3.87. The van der Waals surface area contributed by atoms with Crippen LogP contribution in [0.5, 0.6) is 0 Å². The van der Waals surface area contributed by atoms with E-state index in [1.807, 2.05) is 0 Å². The number of aromatic amines is 1. The zero-order valence-electron chi connectivity index (χ0n) is 10.2. The third kappa shape index (κ3) is 2.93. The predicted molar refractivity (Wildman–Crippen MR) is 65.6 cm³/mol. The van der Waals surface area contributed by atoms with Gasteiger partial charge in [0.1, 0.15) is 0 Å². The van der Waals surface area contributed by atoms with Crippen LogP contribution in [-0.4, -0.2) is 18.6 Å². The van der Waals surface area contributed by atoms with E-state index < -0.39 is 21.8 Å². The van der Waals surface area contributed by atoms with E-state index in [1.54, 1.807) is 0 Å². The molecular weight excluding hydrogens is 295 g/mol. The largest absolute Gasteiger partial charge is 0.416 e. The van der Waals surface area contributed by atoms with Crippen LogP contribution in [0.4, 0.5) is 18.9 Å². The first-order valence-corrected chi connectivity index (χ1v) is 6.88. The number of aromatic nitrogens is 2. The standard InChI is InChI=1S/C11H10F3N3O2S/c1-7-2-3-8(11(12,13)14)6-9(7)17-20(18,19)10-4-5-15-16-10/h2-6,17H,1H3,(H,15,16). The molecule has 20 heavy (non-hydrogen) atoms. The molecule has 1 aromatic heterocycles. The normalized spacial score (nSPS) is 12.4. The molecule has 0 saturated carbocycles. The number of hydrogen-bond acceptors (Lipinski definition) is 3. The number of halogens is 3. The molecule has 0 aliphatic rings. The third-order valence-electron chi connectivity index (χ3n) is 2.57. The van der Waals surface area contributed by atoms with Gasteiger partial charge in [0.25, 0.3) is 10.0 Å². The summed E-state index contributed by atoms with van der Waals surface area (Å²) in [5, 5.41) is 5.50. The molecule has 1 aromatic carbocycles. The molecule has 0 atom stereocenters. The number of nitrogens with zero attached hydrogens (tertiary/aromatic N) is 1. The Morgan fingerprint density at radius 2 is 1.95 bits per heavy atom. The van der Waals surface area contributed by atoms with Crippen LogP contribution < -0.4 is 4.72 Å². The van der Waals surface area contributed by atoms with E-state index in [0.29, 0.717) is 5.56 Å². The summed E-state index contributed by atoms with van der Waals surface area (Å²) in [4.78, 5) is 0. The van der Waals surface area contributed by atoms with E-state index >= 15 is 0 Å². The highest BCUT2D eigenvalue weighted by atomic mass is 32.2. The highest BCUT2D eigenvalue weighted by molar-refractivity contribution is 7.92. The Balaban J connectivity index is 2.39. The second-order valence-corrected chi connectivity index (χ2v) is 5.70. The molecule has 0 spiro atoms. The molecule has 9 heteroatoms. The van der Waals surface area contributed by atoms with Crippen molar-refractivity contribution in [2.75, 3.05) is 4.72 Å². The molecule has 0 saturated heterocycles. The first-order valence-electron chi connectivity index (χ1n) is 5.40. The van der Waals surface area contributed by atoms with Crippen molar-refractivity contribution in [3.8, 4) is 0 Å². The maximum atomic E-state index is 12.6. The lowest BCUT2D eigenvalue weighted by Crippen LogP contribution is -2.15. The van der Waals surface area contributed by atoms with E-state index in [1.165, 1.54) is 25.3 Å². The van der Waals surface area contributed by atoms with Crippen molar-refractivity contribution in [2.45, 2.75) is 18.1 Å². The lowest BCUT2D eigenvalue weighted by Gasteiger charge is -2.13. The molecule has 1 heterocycles. The Labute approximate surface area is 112 Å². The molecule has 0 bridgehead atoms. The Morgan fingerprint density at radius 3 is 2.50 bits per heavy atom. The van der Waals surface area contributed by atoms with Crippen LogP contribution in [0.3, 0.4) is 0 Å². The summed E-state index contributed by atoms with van der Waals surface area (Å²) in [6.07, 6.45) is -3.31. The topological polar surface area (TPSA) is 74.8 Å². The molecule has 0 aliphatic carbocycles. The predicted octanol–water partition coefficient (Wildman–Crippen LogP) is 2.54. The van der Waals surface area contributed by atoms with Gasteiger partial charge in [0.2, 0.25) is 0 Å². The summed E-state index contributed by atoms with van der Waals surface area (Å²) < 4.78 is 63.8. The van der Waals surface area contributed by atoms with Crippen molar-refractivity contribution in [2.24, 2.45) is 0 Å². The van der Waals surface area contributed by atoms with Crippen molar-refractivity contribution >= 4 is 15.7 Å². The second kappa shape index (κ2) is 4.82. The Hall–Kier alpha value is -2.03. The molecule has 2 rings (SSSR count). The highest BCUT2D eigenvalue weighted by Gasteiger charge is 2.31. The van der Waals surface area contributed by atoms with E-state index in [-0.39, 0.29) is 10.7 Å². The van der Waals surface area contributed by atoms with Crippen molar-refractivity contribution in [3.63, 3.8) is 0 Å². The SMILES string of the molecule is Cc1ccc(C(F)(F)F)cc1NS(=O)(=O)c1ccn[nH]1. The van der Waals surface area contributed by atoms with Gasteiger partial charge in [-0.15, -0.1) is 0 Å². The molecular formula is C11H10F3N3O2S. The fraction of sp³-hybridized carbons (Fsp3) is 0.182. The van der Waals surface area contributed by atoms with Gasteiger partial charge in [0.15, 0.2) is 5.03 Å². The van der Waals surface area contributed by atoms with E-state index in [0.717, 1.165) is 12.1 Å². The number of alkyl halides is 3. The average molecular weight is 305 g/mol. The highest BCUT2D eigenvalue weighted by Crippen LogP contribution is 2.32. The van der Waals surface area contributed by atoms with Crippen molar-refractivity contribution in [1.29, 1.82) is 0 Å². The number of aryl methyl sites for hydroxylation is 1. The minimum atomic E-state index is -4.54. The minimum Gasteiger partial charge on any atom is -0.278 e. The summed E-state index contributed by atoms with van der Waals surface area (Å²) in [7, 11) is -3.99. The average Bonchev–Trinajstić information content (AvgIpc) is 2.84. The Morgan fingerprint density at radius 1 is 1.25 bits per heavy atom. The van der Waals surface area contributed by atoms with Gasteiger partial charge in [0, 0.05) is 0 Å². The Kier molecular flexibility index (Phi) is 3.46. The van der Waals surface area contributed by atoms with Crippen LogP contribution in [-0.2, 0) is 16.2 Å². The van der Waals surface area contributed by atoms with E-state index in [9.17, 15) is 21.6 Å². The zero-order valence-corrected chi connectivity index (χ0v) is 11.0. The number of H-pyrrole nitrogens is 1. The number of sulfonamides is 1. The van der Waals surface area contributed by atoms with Crippen molar-refractivity contribution in [1.82, 2.24) is 10.2 Å². The van der Waals surface area contributed by atoms with E-state index in [4.69, 9.17) is 0 Å². The first kappa shape index (κ1) is 14.4. The molecule has 0 fully saturated rings. The van der Waals surface area contributed by atoms with Gasteiger partial charge in [-0.2, -0.15) is 26.7 Å². The number of benzene rings is 1. The lowest BCUT2D eigenvalue weighted by atomic mass is 10.1. The quantitative estimate of drug-likeness (QED) is 0.915. The van der Waals surface area contributed by atoms with Crippen LogP contribution in [0.1, 0.15) is 11.1 Å². The minimum absolute atomic E-state index is 0.130. The van der Waals surface area contributed by atoms with Crippen molar-refractivity contribution in [3.05, 3.63) is 41.6 Å². The molecule has 2 aromatic rings. The van der Waals surface area contributed by atoms with Gasteiger partial charge in [-0.1, -0.05) is 6.07 Å². The number of rotatable bonds is 3. The smallest absolute Gasteiger partial charge is 0.278 e. The number of nitrogens with one attached hydrogen (secondary N) is 2. The van der Waals surface area contributed by atoms with Gasteiger partial charge in [0.05, 0.1) is 17.4 Å². The van der Waals surface area contributed by atoms with Gasteiger partial charge < -0.3 is 0 Å². The Bertz CT molecular complexity index is 709. The van der Waals surface area contributed by atoms with Crippen LogP contribution >= 0.6 is 0 Å². The van der Waals surface area contributed by atoms with Gasteiger partial charge in [-0.05, 0) is 30.7 Å². The molecule has 5 nitrogen and oxygen atoms in total. The zero-order chi connectivity index (χ0) is 15.0. The van der Waals surface area contributed by atoms with Crippen LogP contribution in [0, 0.1) is 6.92 Å². The summed E-state index contributed by atoms with van der Waals surface area (Å²) >= 11 is 0. The van der Waals surface area contributed by atoms with Gasteiger partial charge in [-0.3, -0.25) is 9.82 Å². The number of hydrogen-bond donors (Lipinski definition) is 2. The summed E-state index contributed by atoms with van der Waals surface area (Å²) in [6.45, 7) is 1.50. The fourth-order valence-electron chi connectivity index (χ4n) is 1.50. The summed E-state index contributed by atoms with van der Waals surface area (Å²) in [5.41, 5.74) is -0.680. The van der Waals surface area contributed by atoms with Gasteiger partial charge >= 0.3 is 6.18 Å². The maximum Gasteiger partial charge on any atom is 0.416 e. The van der Waals surface area contributed by atoms with Crippen LogP contribution in [0.15, 0.2) is 35.5 Å². The fourth-order valence-corrected chi connectivity index (χ4v) is 2.53. The molecule has 0 unspecified atom stereocenters.